The first-order valence-corrected chi connectivity index (χ1v) is 8.13. The van der Waals surface area contributed by atoms with Crippen molar-refractivity contribution < 1.29 is 29.0 Å². The summed E-state index contributed by atoms with van der Waals surface area (Å²) < 4.78 is 10.5. The molecule has 0 saturated carbocycles. The Kier molecular flexibility index (Phi) is 5.00. The van der Waals surface area contributed by atoms with Gasteiger partial charge >= 0.3 is 5.97 Å². The lowest BCUT2D eigenvalue weighted by Gasteiger charge is -2.34. The number of carboxylic acids is 1. The van der Waals surface area contributed by atoms with Crippen LogP contribution in [-0.2, 0) is 23.9 Å². The van der Waals surface area contributed by atoms with Gasteiger partial charge in [0, 0.05) is 24.5 Å². The fraction of sp³-hybridized carbons (Fsp3) is 0.471. The molecular weight excluding hydrogens is 328 g/mol. The number of morpholine rings is 2. The normalized spacial score (nSPS) is 22.8. The van der Waals surface area contributed by atoms with E-state index < -0.39 is 18.0 Å². The summed E-state index contributed by atoms with van der Waals surface area (Å²) in [6.45, 7) is 3.01. The Morgan fingerprint density at radius 1 is 1.20 bits per heavy atom. The van der Waals surface area contributed by atoms with Gasteiger partial charge in [-0.2, -0.15) is 0 Å². The fourth-order valence-electron chi connectivity index (χ4n) is 2.97. The maximum atomic E-state index is 12.7. The summed E-state index contributed by atoms with van der Waals surface area (Å²) in [7, 11) is 0. The SMILES string of the molecule is CC(C(=O)O)C1OCCN(c2cccc(N3CCOCC3=O)c2)C1=O. The quantitative estimate of drug-likeness (QED) is 0.851. The van der Waals surface area contributed by atoms with Crippen LogP contribution in [-0.4, -0.2) is 61.9 Å². The highest BCUT2D eigenvalue weighted by molar-refractivity contribution is 6.00. The summed E-state index contributed by atoms with van der Waals surface area (Å²) in [5.41, 5.74) is 1.31. The van der Waals surface area contributed by atoms with Crippen LogP contribution in [0.25, 0.3) is 0 Å². The van der Waals surface area contributed by atoms with Crippen molar-refractivity contribution in [3.05, 3.63) is 24.3 Å². The molecule has 2 aliphatic rings. The van der Waals surface area contributed by atoms with Crippen LogP contribution in [0.3, 0.4) is 0 Å². The Balaban J connectivity index is 1.83. The van der Waals surface area contributed by atoms with Crippen LogP contribution in [0, 0.1) is 5.92 Å². The van der Waals surface area contributed by atoms with Crippen molar-refractivity contribution in [1.29, 1.82) is 0 Å². The zero-order chi connectivity index (χ0) is 18.0. The van der Waals surface area contributed by atoms with Crippen LogP contribution in [0.4, 0.5) is 11.4 Å². The summed E-state index contributed by atoms with van der Waals surface area (Å²) in [4.78, 5) is 39.0. The van der Waals surface area contributed by atoms with E-state index in [9.17, 15) is 14.4 Å². The van der Waals surface area contributed by atoms with Crippen LogP contribution in [0.1, 0.15) is 6.92 Å². The largest absolute Gasteiger partial charge is 0.481 e. The number of aliphatic carboxylic acids is 1. The van der Waals surface area contributed by atoms with Gasteiger partial charge in [-0.05, 0) is 25.1 Å². The monoisotopic (exact) mass is 348 g/mol. The van der Waals surface area contributed by atoms with Crippen molar-refractivity contribution in [2.24, 2.45) is 5.92 Å². The second kappa shape index (κ2) is 7.20. The number of carbonyl (C=O) groups excluding carboxylic acids is 2. The molecule has 2 saturated heterocycles. The van der Waals surface area contributed by atoms with Crippen molar-refractivity contribution in [3.8, 4) is 0 Å². The summed E-state index contributed by atoms with van der Waals surface area (Å²) >= 11 is 0. The van der Waals surface area contributed by atoms with E-state index in [1.165, 1.54) is 11.8 Å². The van der Waals surface area contributed by atoms with E-state index in [0.29, 0.717) is 31.1 Å². The number of ether oxygens (including phenoxy) is 2. The Morgan fingerprint density at radius 2 is 1.88 bits per heavy atom. The summed E-state index contributed by atoms with van der Waals surface area (Å²) in [6, 6.07) is 7.09. The van der Waals surface area contributed by atoms with Crippen LogP contribution in [0.2, 0.25) is 0 Å². The van der Waals surface area contributed by atoms with Crippen molar-refractivity contribution in [2.45, 2.75) is 13.0 Å². The average Bonchev–Trinajstić information content (AvgIpc) is 2.62. The molecule has 0 bridgehead atoms. The second-order valence-electron chi connectivity index (χ2n) is 6.03. The van der Waals surface area contributed by atoms with E-state index >= 15 is 0 Å². The molecule has 2 aliphatic heterocycles. The number of benzene rings is 1. The number of hydrogen-bond donors (Lipinski definition) is 1. The lowest BCUT2D eigenvalue weighted by Crippen LogP contribution is -2.51. The minimum atomic E-state index is -1.08. The lowest BCUT2D eigenvalue weighted by atomic mass is 10.0. The Bertz CT molecular complexity index is 691. The molecule has 2 amide bonds. The first kappa shape index (κ1) is 17.4. The van der Waals surface area contributed by atoms with Gasteiger partial charge in [-0.3, -0.25) is 14.4 Å². The molecule has 2 unspecified atom stereocenters. The molecule has 8 heteroatoms. The summed E-state index contributed by atoms with van der Waals surface area (Å²) in [5, 5.41) is 9.15. The number of carbonyl (C=O) groups is 3. The highest BCUT2D eigenvalue weighted by atomic mass is 16.5. The highest BCUT2D eigenvalue weighted by Crippen LogP contribution is 2.27. The van der Waals surface area contributed by atoms with Crippen molar-refractivity contribution in [1.82, 2.24) is 0 Å². The molecular formula is C17H20N2O6. The van der Waals surface area contributed by atoms with E-state index in [-0.39, 0.29) is 25.0 Å². The van der Waals surface area contributed by atoms with Crippen LogP contribution in [0.15, 0.2) is 24.3 Å². The molecule has 134 valence electrons. The molecule has 2 fully saturated rings. The molecule has 0 aliphatic carbocycles. The molecule has 3 rings (SSSR count). The molecule has 8 nitrogen and oxygen atoms in total. The first-order chi connectivity index (χ1) is 12.0. The minimum Gasteiger partial charge on any atom is -0.481 e. The molecule has 1 N–H and O–H groups in total. The van der Waals surface area contributed by atoms with Gasteiger partial charge in [0.05, 0.1) is 19.1 Å². The molecule has 1 aromatic rings. The van der Waals surface area contributed by atoms with Crippen molar-refractivity contribution in [2.75, 3.05) is 42.7 Å². The van der Waals surface area contributed by atoms with Crippen molar-refractivity contribution in [3.63, 3.8) is 0 Å². The maximum Gasteiger partial charge on any atom is 0.309 e. The summed E-state index contributed by atoms with van der Waals surface area (Å²) in [6.07, 6.45) is -1.01. The van der Waals surface area contributed by atoms with Gasteiger partial charge in [0.25, 0.3) is 11.8 Å². The van der Waals surface area contributed by atoms with Crippen LogP contribution < -0.4 is 9.80 Å². The molecule has 0 spiro atoms. The zero-order valence-electron chi connectivity index (χ0n) is 13.9. The number of carboxylic acid groups (broad SMARTS) is 1. The van der Waals surface area contributed by atoms with E-state index in [1.54, 1.807) is 29.2 Å². The standard InChI is InChI=1S/C17H20N2O6/c1-11(17(22)23)15-16(21)19(6-8-25-15)13-4-2-3-12(9-13)18-5-7-24-10-14(18)20/h2-4,9,11,15H,5-8,10H2,1H3,(H,22,23). The van der Waals surface area contributed by atoms with E-state index in [2.05, 4.69) is 0 Å². The summed E-state index contributed by atoms with van der Waals surface area (Å²) in [5.74, 6) is -2.52. The zero-order valence-corrected chi connectivity index (χ0v) is 13.9. The Hall–Kier alpha value is -2.45. The van der Waals surface area contributed by atoms with Gasteiger partial charge in [-0.1, -0.05) is 6.07 Å². The lowest BCUT2D eigenvalue weighted by molar-refractivity contribution is -0.154. The molecule has 2 heterocycles. The van der Waals surface area contributed by atoms with Gasteiger partial charge in [-0.25, -0.2) is 0 Å². The number of anilines is 2. The van der Waals surface area contributed by atoms with Gasteiger partial charge in [-0.15, -0.1) is 0 Å². The number of rotatable bonds is 4. The minimum absolute atomic E-state index is 0.0406. The maximum absolute atomic E-state index is 12.7. The third-order valence-corrected chi connectivity index (χ3v) is 4.40. The predicted molar refractivity (Wildman–Crippen MR) is 88.5 cm³/mol. The van der Waals surface area contributed by atoms with Gasteiger partial charge in [0.1, 0.15) is 12.7 Å². The third kappa shape index (κ3) is 3.49. The molecule has 2 atom stereocenters. The average molecular weight is 348 g/mol. The first-order valence-electron chi connectivity index (χ1n) is 8.13. The topological polar surface area (TPSA) is 96.4 Å². The number of hydrogen-bond acceptors (Lipinski definition) is 5. The highest BCUT2D eigenvalue weighted by Gasteiger charge is 2.37. The van der Waals surface area contributed by atoms with Crippen molar-refractivity contribution >= 4 is 29.2 Å². The fourth-order valence-corrected chi connectivity index (χ4v) is 2.97. The predicted octanol–water partition coefficient (Wildman–Crippen LogP) is 0.502. The Labute approximate surface area is 144 Å². The second-order valence-corrected chi connectivity index (χ2v) is 6.03. The van der Waals surface area contributed by atoms with Gasteiger partial charge < -0.3 is 24.4 Å². The smallest absolute Gasteiger partial charge is 0.309 e. The Morgan fingerprint density at radius 3 is 2.56 bits per heavy atom. The molecule has 25 heavy (non-hydrogen) atoms. The van der Waals surface area contributed by atoms with Crippen LogP contribution in [0.5, 0.6) is 0 Å². The van der Waals surface area contributed by atoms with Crippen LogP contribution >= 0.6 is 0 Å². The molecule has 0 aromatic heterocycles. The molecule has 0 radical (unpaired) electrons. The van der Waals surface area contributed by atoms with Gasteiger partial charge in [0.15, 0.2) is 0 Å². The third-order valence-electron chi connectivity index (χ3n) is 4.40. The van der Waals surface area contributed by atoms with Gasteiger partial charge in [0.2, 0.25) is 0 Å². The number of nitrogens with zero attached hydrogens (tertiary/aromatic N) is 2. The van der Waals surface area contributed by atoms with E-state index in [0.717, 1.165) is 0 Å². The number of amides is 2. The van der Waals surface area contributed by atoms with E-state index in [4.69, 9.17) is 14.6 Å². The van der Waals surface area contributed by atoms with E-state index in [1.807, 2.05) is 0 Å². The molecule has 1 aromatic carbocycles.